The van der Waals surface area contributed by atoms with Crippen molar-refractivity contribution in [1.82, 2.24) is 19.3 Å². The number of nitrogens with one attached hydrogen (secondary N) is 1. The third-order valence-electron chi connectivity index (χ3n) is 5.44. The average Bonchev–Trinajstić information content (AvgIpc) is 3.34. The standard InChI is InChI=1S/C21H25N5O2/c1-15-13-23-26(16-7-2-3-8-16)20(15)24-19(27)11-6-12-25-14-22-18-10-5-4-9-17(18)21(25)28/h4-5,9-10,13-14,16H,2-3,6-8,11-12H2,1H3,(H,24,27). The molecular weight excluding hydrogens is 354 g/mol. The van der Waals surface area contributed by atoms with E-state index in [0.29, 0.717) is 36.3 Å². The van der Waals surface area contributed by atoms with Gasteiger partial charge in [-0.25, -0.2) is 9.67 Å². The molecular formula is C21H25N5O2. The number of aromatic nitrogens is 4. The highest BCUT2D eigenvalue weighted by molar-refractivity contribution is 5.90. The Bertz CT molecular complexity index is 1050. The summed E-state index contributed by atoms with van der Waals surface area (Å²) in [7, 11) is 0. The molecule has 7 nitrogen and oxygen atoms in total. The first kappa shape index (κ1) is 18.4. The quantitative estimate of drug-likeness (QED) is 0.711. The molecule has 0 unspecified atom stereocenters. The highest BCUT2D eigenvalue weighted by Gasteiger charge is 2.22. The van der Waals surface area contributed by atoms with Gasteiger partial charge in [-0.05, 0) is 38.3 Å². The molecule has 1 fully saturated rings. The zero-order chi connectivity index (χ0) is 19.5. The Morgan fingerprint density at radius 2 is 2.04 bits per heavy atom. The van der Waals surface area contributed by atoms with Crippen molar-refractivity contribution in [2.75, 3.05) is 5.32 Å². The van der Waals surface area contributed by atoms with E-state index in [0.717, 1.165) is 24.2 Å². The Hall–Kier alpha value is -2.96. The van der Waals surface area contributed by atoms with Gasteiger partial charge in [-0.15, -0.1) is 0 Å². The molecule has 0 bridgehead atoms. The van der Waals surface area contributed by atoms with Crippen molar-refractivity contribution < 1.29 is 4.79 Å². The Balaban J connectivity index is 1.38. The minimum absolute atomic E-state index is 0.0513. The molecule has 0 radical (unpaired) electrons. The first-order valence-electron chi connectivity index (χ1n) is 9.91. The second kappa shape index (κ2) is 7.96. The Morgan fingerprint density at radius 1 is 1.25 bits per heavy atom. The van der Waals surface area contributed by atoms with E-state index in [9.17, 15) is 9.59 Å². The number of fused-ring (bicyclic) bond motifs is 1. The smallest absolute Gasteiger partial charge is 0.261 e. The van der Waals surface area contributed by atoms with Crippen molar-refractivity contribution in [3.8, 4) is 0 Å². The molecule has 0 spiro atoms. The largest absolute Gasteiger partial charge is 0.311 e. The minimum Gasteiger partial charge on any atom is -0.311 e. The summed E-state index contributed by atoms with van der Waals surface area (Å²) in [4.78, 5) is 29.3. The summed E-state index contributed by atoms with van der Waals surface area (Å²) in [5.41, 5.74) is 1.61. The topological polar surface area (TPSA) is 81.8 Å². The molecule has 1 aromatic carbocycles. The molecule has 1 aliphatic rings. The first-order chi connectivity index (χ1) is 13.6. The Morgan fingerprint density at radius 3 is 2.86 bits per heavy atom. The fourth-order valence-electron chi connectivity index (χ4n) is 3.90. The van der Waals surface area contributed by atoms with E-state index >= 15 is 0 Å². The fourth-order valence-corrected chi connectivity index (χ4v) is 3.90. The maximum atomic E-state index is 12.5. The van der Waals surface area contributed by atoms with E-state index in [2.05, 4.69) is 15.4 Å². The van der Waals surface area contributed by atoms with Gasteiger partial charge in [0, 0.05) is 18.5 Å². The summed E-state index contributed by atoms with van der Waals surface area (Å²) in [6, 6.07) is 7.68. The molecule has 0 atom stereocenters. The zero-order valence-electron chi connectivity index (χ0n) is 16.1. The zero-order valence-corrected chi connectivity index (χ0v) is 16.1. The van der Waals surface area contributed by atoms with Crippen LogP contribution in [0.4, 0.5) is 5.82 Å². The van der Waals surface area contributed by atoms with Crippen molar-refractivity contribution in [3.63, 3.8) is 0 Å². The van der Waals surface area contributed by atoms with E-state index < -0.39 is 0 Å². The lowest BCUT2D eigenvalue weighted by molar-refractivity contribution is -0.116. The van der Waals surface area contributed by atoms with Crippen LogP contribution in [0.15, 0.2) is 41.6 Å². The van der Waals surface area contributed by atoms with Gasteiger partial charge >= 0.3 is 0 Å². The SMILES string of the molecule is Cc1cnn(C2CCCC2)c1NC(=O)CCCn1cnc2ccccc2c1=O. The van der Waals surface area contributed by atoms with Crippen molar-refractivity contribution in [2.24, 2.45) is 0 Å². The molecule has 0 aliphatic heterocycles. The molecule has 0 saturated heterocycles. The monoisotopic (exact) mass is 379 g/mol. The number of nitrogens with zero attached hydrogens (tertiary/aromatic N) is 4. The second-order valence-corrected chi connectivity index (χ2v) is 7.47. The predicted octanol–water partition coefficient (Wildman–Crippen LogP) is 3.44. The highest BCUT2D eigenvalue weighted by atomic mass is 16.1. The molecule has 1 amide bonds. The lowest BCUT2D eigenvalue weighted by atomic mass is 10.2. The van der Waals surface area contributed by atoms with Gasteiger partial charge in [0.05, 0.1) is 29.5 Å². The van der Waals surface area contributed by atoms with Gasteiger partial charge in [-0.1, -0.05) is 25.0 Å². The summed E-state index contributed by atoms with van der Waals surface area (Å²) in [6.45, 7) is 2.43. The van der Waals surface area contributed by atoms with Gasteiger partial charge in [0.2, 0.25) is 5.91 Å². The van der Waals surface area contributed by atoms with Crippen LogP contribution in [0.5, 0.6) is 0 Å². The molecule has 2 aromatic heterocycles. The highest BCUT2D eigenvalue weighted by Crippen LogP contribution is 2.32. The first-order valence-corrected chi connectivity index (χ1v) is 9.91. The number of benzene rings is 1. The summed E-state index contributed by atoms with van der Waals surface area (Å²) in [5.74, 6) is 0.756. The molecule has 28 heavy (non-hydrogen) atoms. The van der Waals surface area contributed by atoms with E-state index in [-0.39, 0.29) is 11.5 Å². The molecule has 3 aromatic rings. The Kier molecular flexibility index (Phi) is 5.23. The molecule has 1 N–H and O–H groups in total. The molecule has 1 saturated carbocycles. The third kappa shape index (κ3) is 3.69. The lowest BCUT2D eigenvalue weighted by Crippen LogP contribution is -2.22. The van der Waals surface area contributed by atoms with Gasteiger partial charge < -0.3 is 5.32 Å². The molecule has 2 heterocycles. The van der Waals surface area contributed by atoms with E-state index in [1.165, 1.54) is 12.8 Å². The summed E-state index contributed by atoms with van der Waals surface area (Å²) in [6.07, 6.45) is 8.94. The van der Waals surface area contributed by atoms with Crippen molar-refractivity contribution in [3.05, 3.63) is 52.7 Å². The van der Waals surface area contributed by atoms with Crippen LogP contribution < -0.4 is 10.9 Å². The normalized spacial score (nSPS) is 14.6. The number of para-hydroxylation sites is 1. The van der Waals surface area contributed by atoms with E-state index in [4.69, 9.17) is 0 Å². The van der Waals surface area contributed by atoms with Gasteiger partial charge in [-0.3, -0.25) is 14.2 Å². The molecule has 1 aliphatic carbocycles. The molecule has 146 valence electrons. The van der Waals surface area contributed by atoms with Gasteiger partial charge in [0.1, 0.15) is 5.82 Å². The van der Waals surface area contributed by atoms with Gasteiger partial charge in [0.15, 0.2) is 0 Å². The van der Waals surface area contributed by atoms with Crippen LogP contribution in [0.2, 0.25) is 0 Å². The van der Waals surface area contributed by atoms with Crippen molar-refractivity contribution in [1.29, 1.82) is 0 Å². The van der Waals surface area contributed by atoms with Gasteiger partial charge in [0.25, 0.3) is 5.56 Å². The van der Waals surface area contributed by atoms with Crippen LogP contribution in [0.25, 0.3) is 10.9 Å². The summed E-state index contributed by atoms with van der Waals surface area (Å²) >= 11 is 0. The number of rotatable bonds is 6. The number of aryl methyl sites for hydroxylation is 2. The maximum Gasteiger partial charge on any atom is 0.261 e. The van der Waals surface area contributed by atoms with Crippen LogP contribution in [0.3, 0.4) is 0 Å². The summed E-state index contributed by atoms with van der Waals surface area (Å²) in [5, 5.41) is 8.09. The second-order valence-electron chi connectivity index (χ2n) is 7.47. The van der Waals surface area contributed by atoms with Crippen molar-refractivity contribution in [2.45, 2.75) is 58.0 Å². The van der Waals surface area contributed by atoms with Crippen LogP contribution in [-0.2, 0) is 11.3 Å². The third-order valence-corrected chi connectivity index (χ3v) is 5.44. The lowest BCUT2D eigenvalue weighted by Gasteiger charge is -2.15. The Labute approximate surface area is 163 Å². The summed E-state index contributed by atoms with van der Waals surface area (Å²) < 4.78 is 3.54. The van der Waals surface area contributed by atoms with Gasteiger partial charge in [-0.2, -0.15) is 5.10 Å². The number of hydrogen-bond acceptors (Lipinski definition) is 4. The van der Waals surface area contributed by atoms with Crippen LogP contribution >= 0.6 is 0 Å². The predicted molar refractivity (Wildman–Crippen MR) is 108 cm³/mol. The van der Waals surface area contributed by atoms with Crippen LogP contribution in [0.1, 0.15) is 50.1 Å². The molecule has 7 heteroatoms. The molecule has 4 rings (SSSR count). The minimum atomic E-state index is -0.0684. The van der Waals surface area contributed by atoms with E-state index in [1.807, 2.05) is 36.0 Å². The number of hydrogen-bond donors (Lipinski definition) is 1. The van der Waals surface area contributed by atoms with E-state index in [1.54, 1.807) is 17.0 Å². The van der Waals surface area contributed by atoms with Crippen molar-refractivity contribution >= 4 is 22.6 Å². The fraction of sp³-hybridized carbons (Fsp3) is 0.429. The number of carbonyl (C=O) groups excluding carboxylic acids is 1. The van der Waals surface area contributed by atoms with Crippen LogP contribution in [-0.4, -0.2) is 25.2 Å². The maximum absolute atomic E-state index is 12.5. The average molecular weight is 379 g/mol. The number of anilines is 1. The van der Waals surface area contributed by atoms with Crippen LogP contribution in [0, 0.1) is 6.92 Å². The number of amides is 1. The number of carbonyl (C=O) groups is 1.